The maximum atomic E-state index is 12.0. The van der Waals surface area contributed by atoms with Crippen molar-refractivity contribution in [2.75, 3.05) is 18.2 Å². The number of rotatable bonds is 5. The number of amides is 3. The van der Waals surface area contributed by atoms with Gasteiger partial charge in [0.1, 0.15) is 5.75 Å². The molecule has 10 heteroatoms. The van der Waals surface area contributed by atoms with Gasteiger partial charge in [-0.2, -0.15) is 4.98 Å². The fraction of sp³-hybridized carbons (Fsp3) is 0.235. The van der Waals surface area contributed by atoms with Crippen molar-refractivity contribution >= 4 is 35.2 Å². The number of ether oxygens (including phenoxy) is 1. The largest absolute Gasteiger partial charge is 0.497 e. The van der Waals surface area contributed by atoms with Gasteiger partial charge < -0.3 is 10.1 Å². The number of methoxy groups -OCH3 is 1. The predicted octanol–water partition coefficient (Wildman–Crippen LogP) is 2.19. The highest BCUT2D eigenvalue weighted by Crippen LogP contribution is 2.16. The van der Waals surface area contributed by atoms with E-state index in [4.69, 9.17) is 4.74 Å². The van der Waals surface area contributed by atoms with Crippen LogP contribution in [-0.2, 0) is 4.79 Å². The van der Waals surface area contributed by atoms with E-state index in [0.717, 1.165) is 23.1 Å². The fourth-order valence-corrected chi connectivity index (χ4v) is 2.96. The molecule has 0 aliphatic rings. The zero-order valence-electron chi connectivity index (χ0n) is 15.0. The fourth-order valence-electron chi connectivity index (χ4n) is 2.34. The molecule has 3 amide bonds. The molecular weight excluding hydrogens is 368 g/mol. The van der Waals surface area contributed by atoms with Crippen molar-refractivity contribution in [2.45, 2.75) is 19.0 Å². The Hall–Kier alpha value is -3.14. The van der Waals surface area contributed by atoms with Crippen molar-refractivity contribution in [1.82, 2.24) is 24.9 Å². The van der Waals surface area contributed by atoms with Gasteiger partial charge in [0.25, 0.3) is 5.78 Å². The smallest absolute Gasteiger partial charge is 0.325 e. The van der Waals surface area contributed by atoms with Crippen LogP contribution >= 0.6 is 11.8 Å². The van der Waals surface area contributed by atoms with Crippen LogP contribution in [0.2, 0.25) is 0 Å². The number of benzene rings is 1. The number of urea groups is 1. The van der Waals surface area contributed by atoms with Gasteiger partial charge in [-0.15, -0.1) is 5.10 Å². The van der Waals surface area contributed by atoms with Crippen LogP contribution in [0.3, 0.4) is 0 Å². The highest BCUT2D eigenvalue weighted by atomic mass is 32.2. The number of imide groups is 1. The lowest BCUT2D eigenvalue weighted by Gasteiger charge is -2.07. The summed E-state index contributed by atoms with van der Waals surface area (Å²) in [5, 5.41) is 9.56. The molecule has 2 heterocycles. The first-order valence-electron chi connectivity index (χ1n) is 8.03. The molecule has 3 aromatic rings. The molecule has 0 spiro atoms. The van der Waals surface area contributed by atoms with Crippen molar-refractivity contribution in [3.8, 4) is 5.75 Å². The monoisotopic (exact) mass is 386 g/mol. The number of hydrogen-bond donors (Lipinski definition) is 2. The van der Waals surface area contributed by atoms with Gasteiger partial charge in [-0.25, -0.2) is 14.3 Å². The molecule has 0 fully saturated rings. The number of hydrogen-bond acceptors (Lipinski definition) is 7. The van der Waals surface area contributed by atoms with Crippen molar-refractivity contribution in [2.24, 2.45) is 0 Å². The van der Waals surface area contributed by atoms with Gasteiger partial charge in [0.15, 0.2) is 0 Å². The van der Waals surface area contributed by atoms with Gasteiger partial charge >= 0.3 is 6.03 Å². The minimum absolute atomic E-state index is 0.00490. The predicted molar refractivity (Wildman–Crippen MR) is 101 cm³/mol. The van der Waals surface area contributed by atoms with Crippen LogP contribution in [-0.4, -0.2) is 44.4 Å². The molecule has 2 aromatic heterocycles. The molecule has 0 saturated heterocycles. The van der Waals surface area contributed by atoms with Gasteiger partial charge in [0, 0.05) is 17.1 Å². The summed E-state index contributed by atoms with van der Waals surface area (Å²) in [7, 11) is 1.56. The minimum atomic E-state index is -0.609. The number of aromatic nitrogens is 4. The van der Waals surface area contributed by atoms with Crippen LogP contribution < -0.4 is 15.4 Å². The Bertz CT molecular complexity index is 986. The molecule has 0 bridgehead atoms. The van der Waals surface area contributed by atoms with E-state index in [0.29, 0.717) is 22.4 Å². The third-order valence-corrected chi connectivity index (χ3v) is 4.37. The second-order valence-electron chi connectivity index (χ2n) is 5.66. The number of nitrogens with zero attached hydrogens (tertiary/aromatic N) is 4. The van der Waals surface area contributed by atoms with Gasteiger partial charge in [-0.1, -0.05) is 11.8 Å². The second-order valence-corrected chi connectivity index (χ2v) is 6.61. The number of thioether (sulfide) groups is 1. The SMILES string of the molecule is COc1ccc(NC(=O)NC(=O)CSc2nc3nc(C)cc(C)n3n2)cc1. The molecule has 140 valence electrons. The lowest BCUT2D eigenvalue weighted by molar-refractivity contribution is -0.117. The molecule has 3 rings (SSSR count). The average molecular weight is 386 g/mol. The molecular formula is C17H18N6O3S. The number of carbonyl (C=O) groups is 2. The number of nitrogens with one attached hydrogen (secondary N) is 2. The summed E-state index contributed by atoms with van der Waals surface area (Å²) in [6, 6.07) is 8.05. The van der Waals surface area contributed by atoms with E-state index < -0.39 is 11.9 Å². The maximum absolute atomic E-state index is 12.0. The first-order chi connectivity index (χ1) is 12.9. The van der Waals surface area contributed by atoms with Crippen molar-refractivity contribution in [3.63, 3.8) is 0 Å². The standard InChI is InChI=1S/C17H18N6O3S/c1-10-8-11(2)23-15(18-10)21-17(22-23)27-9-14(24)20-16(25)19-12-4-6-13(26-3)7-5-12/h4-8H,9H2,1-3H3,(H2,19,20,24,25). The van der Waals surface area contributed by atoms with Crippen molar-refractivity contribution < 1.29 is 14.3 Å². The first kappa shape index (κ1) is 18.6. The number of anilines is 1. The summed E-state index contributed by atoms with van der Waals surface area (Å²) < 4.78 is 6.66. The summed E-state index contributed by atoms with van der Waals surface area (Å²) in [4.78, 5) is 32.4. The van der Waals surface area contributed by atoms with E-state index >= 15 is 0 Å². The Morgan fingerprint density at radius 2 is 1.93 bits per heavy atom. The second kappa shape index (κ2) is 8.04. The summed E-state index contributed by atoms with van der Waals surface area (Å²) in [5.74, 6) is 0.706. The van der Waals surface area contributed by atoms with Gasteiger partial charge in [0.2, 0.25) is 11.1 Å². The van der Waals surface area contributed by atoms with E-state index in [1.54, 1.807) is 35.9 Å². The topological polar surface area (TPSA) is 111 Å². The van der Waals surface area contributed by atoms with Gasteiger partial charge in [0.05, 0.1) is 12.9 Å². The molecule has 27 heavy (non-hydrogen) atoms. The molecule has 0 aliphatic carbocycles. The summed E-state index contributed by atoms with van der Waals surface area (Å²) in [5.41, 5.74) is 2.30. The molecule has 1 aromatic carbocycles. The number of fused-ring (bicyclic) bond motifs is 1. The van der Waals surface area contributed by atoms with E-state index in [9.17, 15) is 9.59 Å². The van der Waals surface area contributed by atoms with Crippen molar-refractivity contribution in [1.29, 1.82) is 0 Å². The molecule has 0 saturated carbocycles. The van der Waals surface area contributed by atoms with Crippen LogP contribution in [0.4, 0.5) is 10.5 Å². The lowest BCUT2D eigenvalue weighted by atomic mass is 10.3. The van der Waals surface area contributed by atoms with Gasteiger partial charge in [-0.05, 0) is 44.2 Å². The van der Waals surface area contributed by atoms with Crippen LogP contribution in [0.25, 0.3) is 5.78 Å². The Labute approximate surface area is 159 Å². The van der Waals surface area contributed by atoms with E-state index in [1.807, 2.05) is 19.9 Å². The highest BCUT2D eigenvalue weighted by Gasteiger charge is 2.12. The van der Waals surface area contributed by atoms with Crippen LogP contribution in [0.15, 0.2) is 35.5 Å². The Morgan fingerprint density at radius 3 is 2.63 bits per heavy atom. The lowest BCUT2D eigenvalue weighted by Crippen LogP contribution is -2.35. The van der Waals surface area contributed by atoms with E-state index in [-0.39, 0.29) is 5.75 Å². The summed E-state index contributed by atoms with van der Waals surface area (Å²) >= 11 is 1.13. The first-order valence-corrected chi connectivity index (χ1v) is 9.02. The van der Waals surface area contributed by atoms with E-state index in [1.165, 1.54) is 0 Å². The Balaban J connectivity index is 1.53. The maximum Gasteiger partial charge on any atom is 0.325 e. The molecule has 9 nitrogen and oxygen atoms in total. The quantitative estimate of drug-likeness (QED) is 0.647. The molecule has 0 aliphatic heterocycles. The zero-order chi connectivity index (χ0) is 19.4. The van der Waals surface area contributed by atoms with Crippen LogP contribution in [0, 0.1) is 13.8 Å². The van der Waals surface area contributed by atoms with Crippen LogP contribution in [0.5, 0.6) is 5.75 Å². The summed E-state index contributed by atoms with van der Waals surface area (Å²) in [6.07, 6.45) is 0. The average Bonchev–Trinajstić information content (AvgIpc) is 3.04. The third kappa shape index (κ3) is 4.73. The Morgan fingerprint density at radius 1 is 1.19 bits per heavy atom. The number of aryl methyl sites for hydroxylation is 2. The van der Waals surface area contributed by atoms with Gasteiger partial charge in [-0.3, -0.25) is 10.1 Å². The number of carbonyl (C=O) groups excluding carboxylic acids is 2. The third-order valence-electron chi connectivity index (χ3n) is 3.53. The molecule has 0 atom stereocenters. The molecule has 2 N–H and O–H groups in total. The molecule has 0 radical (unpaired) electrons. The highest BCUT2D eigenvalue weighted by molar-refractivity contribution is 7.99. The molecule has 0 unspecified atom stereocenters. The van der Waals surface area contributed by atoms with Crippen LogP contribution in [0.1, 0.15) is 11.4 Å². The van der Waals surface area contributed by atoms with E-state index in [2.05, 4.69) is 25.7 Å². The van der Waals surface area contributed by atoms with Crippen molar-refractivity contribution in [3.05, 3.63) is 41.7 Å². The zero-order valence-corrected chi connectivity index (χ0v) is 15.8. The normalized spacial score (nSPS) is 10.6. The Kier molecular flexibility index (Phi) is 5.55. The summed E-state index contributed by atoms with van der Waals surface area (Å²) in [6.45, 7) is 3.78. The minimum Gasteiger partial charge on any atom is -0.497 e.